The average molecular weight is 416 g/mol. The number of benzene rings is 1. The van der Waals surface area contributed by atoms with E-state index in [1.807, 2.05) is 12.1 Å². The Morgan fingerprint density at radius 1 is 1.00 bits per heavy atom. The maximum atomic E-state index is 13.5. The molecule has 4 aromatic rings. The Balaban J connectivity index is 1.30. The van der Waals surface area contributed by atoms with E-state index in [0.717, 1.165) is 48.4 Å². The molecular formula is C23H21FN6O. The second-order valence-electron chi connectivity index (χ2n) is 7.76. The van der Waals surface area contributed by atoms with Gasteiger partial charge in [0.2, 0.25) is 0 Å². The lowest BCUT2D eigenvalue weighted by Gasteiger charge is -2.33. The van der Waals surface area contributed by atoms with Crippen LogP contribution in [0.3, 0.4) is 0 Å². The van der Waals surface area contributed by atoms with Gasteiger partial charge in [0, 0.05) is 55.1 Å². The summed E-state index contributed by atoms with van der Waals surface area (Å²) in [6.07, 6.45) is 6.75. The molecule has 0 bridgehead atoms. The van der Waals surface area contributed by atoms with E-state index in [4.69, 9.17) is 0 Å². The zero-order chi connectivity index (χ0) is 21.2. The number of piperidine rings is 1. The first-order valence-corrected chi connectivity index (χ1v) is 10.3. The molecule has 8 heteroatoms. The number of hydrogen-bond acceptors (Lipinski definition) is 6. The minimum absolute atomic E-state index is 0.0935. The minimum Gasteiger partial charge on any atom is -0.356 e. The summed E-state index contributed by atoms with van der Waals surface area (Å²) in [5.74, 6) is 0.876. The zero-order valence-corrected chi connectivity index (χ0v) is 16.9. The standard InChI is InChI=1S/C23H21FN6O/c24-18-1-2-19-21(13-18)26-15-27-23(19)29-11-7-16(8-12-29)14-30-22(31)4-3-20(28-30)17-5-9-25-10-6-17/h1-6,9-10,13,15-16H,7-8,11-12,14H2. The van der Waals surface area contributed by atoms with Crippen molar-refractivity contribution >= 4 is 16.7 Å². The third kappa shape index (κ3) is 4.01. The van der Waals surface area contributed by atoms with E-state index >= 15 is 0 Å². The summed E-state index contributed by atoms with van der Waals surface area (Å²) in [6, 6.07) is 11.7. The molecule has 3 aromatic heterocycles. The van der Waals surface area contributed by atoms with E-state index in [1.54, 1.807) is 35.3 Å². The van der Waals surface area contributed by atoms with Gasteiger partial charge in [-0.1, -0.05) is 0 Å². The lowest BCUT2D eigenvalue weighted by molar-refractivity contribution is 0.335. The molecule has 0 aliphatic carbocycles. The van der Waals surface area contributed by atoms with Crippen molar-refractivity contribution in [3.63, 3.8) is 0 Å². The van der Waals surface area contributed by atoms with Crippen LogP contribution in [0.2, 0.25) is 0 Å². The first-order chi connectivity index (χ1) is 15.2. The molecule has 0 spiro atoms. The Labute approximate surface area is 178 Å². The van der Waals surface area contributed by atoms with E-state index in [1.165, 1.54) is 18.5 Å². The van der Waals surface area contributed by atoms with Gasteiger partial charge in [0.1, 0.15) is 18.0 Å². The Hall–Kier alpha value is -3.68. The average Bonchev–Trinajstić information content (AvgIpc) is 2.81. The van der Waals surface area contributed by atoms with Crippen LogP contribution in [-0.4, -0.2) is 37.8 Å². The Bertz CT molecular complexity index is 1270. The fourth-order valence-corrected chi connectivity index (χ4v) is 4.10. The highest BCUT2D eigenvalue weighted by Crippen LogP contribution is 2.28. The molecule has 0 atom stereocenters. The van der Waals surface area contributed by atoms with E-state index in [2.05, 4.69) is 25.0 Å². The molecule has 1 aliphatic heterocycles. The van der Waals surface area contributed by atoms with Crippen molar-refractivity contribution in [3.05, 3.63) is 77.4 Å². The van der Waals surface area contributed by atoms with E-state index in [9.17, 15) is 9.18 Å². The van der Waals surface area contributed by atoms with E-state index in [-0.39, 0.29) is 11.4 Å². The van der Waals surface area contributed by atoms with Crippen LogP contribution in [0.5, 0.6) is 0 Å². The summed E-state index contributed by atoms with van der Waals surface area (Å²) in [7, 11) is 0. The molecule has 7 nitrogen and oxygen atoms in total. The fraction of sp³-hybridized carbons (Fsp3) is 0.261. The molecule has 31 heavy (non-hydrogen) atoms. The predicted molar refractivity (Wildman–Crippen MR) is 116 cm³/mol. The Kier molecular flexibility index (Phi) is 5.11. The molecular weight excluding hydrogens is 395 g/mol. The quantitative estimate of drug-likeness (QED) is 0.508. The number of aromatic nitrogens is 5. The SMILES string of the molecule is O=c1ccc(-c2ccncc2)nn1CC1CCN(c2ncnc3cc(F)ccc23)CC1. The van der Waals surface area contributed by atoms with Crippen molar-refractivity contribution in [1.82, 2.24) is 24.7 Å². The van der Waals surface area contributed by atoms with Gasteiger partial charge in [-0.15, -0.1) is 0 Å². The van der Waals surface area contributed by atoms with Crippen LogP contribution in [0.15, 0.2) is 66.0 Å². The van der Waals surface area contributed by atoms with Crippen LogP contribution in [0, 0.1) is 11.7 Å². The van der Waals surface area contributed by atoms with Gasteiger partial charge in [0.15, 0.2) is 0 Å². The summed E-state index contributed by atoms with van der Waals surface area (Å²) in [4.78, 5) is 27.2. The van der Waals surface area contributed by atoms with Crippen molar-refractivity contribution in [2.45, 2.75) is 19.4 Å². The van der Waals surface area contributed by atoms with Gasteiger partial charge in [-0.05, 0) is 49.1 Å². The molecule has 4 heterocycles. The second-order valence-corrected chi connectivity index (χ2v) is 7.76. The first-order valence-electron chi connectivity index (χ1n) is 10.3. The molecule has 1 saturated heterocycles. The van der Waals surface area contributed by atoms with Gasteiger partial charge in [-0.25, -0.2) is 19.0 Å². The second kappa shape index (κ2) is 8.22. The topological polar surface area (TPSA) is 76.8 Å². The van der Waals surface area contributed by atoms with Gasteiger partial charge in [-0.3, -0.25) is 9.78 Å². The summed E-state index contributed by atoms with van der Waals surface area (Å²) in [6.45, 7) is 2.21. The van der Waals surface area contributed by atoms with Crippen molar-refractivity contribution in [1.29, 1.82) is 0 Å². The van der Waals surface area contributed by atoms with Crippen LogP contribution in [0.25, 0.3) is 22.2 Å². The number of hydrogen-bond donors (Lipinski definition) is 0. The third-order valence-corrected chi connectivity index (χ3v) is 5.77. The number of pyridine rings is 1. The normalized spacial score (nSPS) is 14.8. The molecule has 0 radical (unpaired) electrons. The van der Waals surface area contributed by atoms with Gasteiger partial charge < -0.3 is 4.90 Å². The molecule has 1 aromatic carbocycles. The van der Waals surface area contributed by atoms with Crippen molar-refractivity contribution in [2.75, 3.05) is 18.0 Å². The number of halogens is 1. The molecule has 1 aliphatic rings. The molecule has 0 N–H and O–H groups in total. The van der Waals surface area contributed by atoms with Crippen LogP contribution in [0.4, 0.5) is 10.2 Å². The van der Waals surface area contributed by atoms with Gasteiger partial charge in [0.25, 0.3) is 5.56 Å². The van der Waals surface area contributed by atoms with E-state index < -0.39 is 0 Å². The summed E-state index contributed by atoms with van der Waals surface area (Å²) < 4.78 is 15.1. The summed E-state index contributed by atoms with van der Waals surface area (Å²) in [5.41, 5.74) is 2.21. The molecule has 1 fully saturated rings. The first kappa shape index (κ1) is 19.3. The van der Waals surface area contributed by atoms with Gasteiger partial charge >= 0.3 is 0 Å². The third-order valence-electron chi connectivity index (χ3n) is 5.77. The van der Waals surface area contributed by atoms with Gasteiger partial charge in [-0.2, -0.15) is 5.10 Å². The highest BCUT2D eigenvalue weighted by Gasteiger charge is 2.23. The zero-order valence-electron chi connectivity index (χ0n) is 16.9. The van der Waals surface area contributed by atoms with Crippen LogP contribution in [-0.2, 0) is 6.54 Å². The Morgan fingerprint density at radius 2 is 1.81 bits per heavy atom. The van der Waals surface area contributed by atoms with Crippen molar-refractivity contribution in [2.24, 2.45) is 5.92 Å². The smallest absolute Gasteiger partial charge is 0.266 e. The maximum Gasteiger partial charge on any atom is 0.266 e. The fourth-order valence-electron chi connectivity index (χ4n) is 4.10. The molecule has 156 valence electrons. The highest BCUT2D eigenvalue weighted by molar-refractivity contribution is 5.89. The molecule has 5 rings (SSSR count). The van der Waals surface area contributed by atoms with Crippen LogP contribution >= 0.6 is 0 Å². The number of rotatable bonds is 4. The summed E-state index contributed by atoms with van der Waals surface area (Å²) in [5, 5.41) is 5.42. The van der Waals surface area contributed by atoms with Gasteiger partial charge in [0.05, 0.1) is 11.2 Å². The highest BCUT2D eigenvalue weighted by atomic mass is 19.1. The van der Waals surface area contributed by atoms with Crippen molar-refractivity contribution < 1.29 is 4.39 Å². The van der Waals surface area contributed by atoms with E-state index in [0.29, 0.717) is 18.0 Å². The number of nitrogens with zero attached hydrogens (tertiary/aromatic N) is 6. The Morgan fingerprint density at radius 3 is 2.61 bits per heavy atom. The predicted octanol–water partition coefficient (Wildman–Crippen LogP) is 3.30. The molecule has 0 unspecified atom stereocenters. The summed E-state index contributed by atoms with van der Waals surface area (Å²) >= 11 is 0. The lowest BCUT2D eigenvalue weighted by atomic mass is 9.96. The van der Waals surface area contributed by atoms with Crippen molar-refractivity contribution in [3.8, 4) is 11.3 Å². The minimum atomic E-state index is -0.303. The largest absolute Gasteiger partial charge is 0.356 e. The number of anilines is 1. The monoisotopic (exact) mass is 416 g/mol. The molecule has 0 saturated carbocycles. The van der Waals surface area contributed by atoms with Crippen LogP contribution < -0.4 is 10.5 Å². The maximum absolute atomic E-state index is 13.5. The molecule has 0 amide bonds. The number of fused-ring (bicyclic) bond motifs is 1. The lowest BCUT2D eigenvalue weighted by Crippen LogP contribution is -2.37. The van der Waals surface area contributed by atoms with Crippen LogP contribution in [0.1, 0.15) is 12.8 Å².